The summed E-state index contributed by atoms with van der Waals surface area (Å²) in [7, 11) is 1.59. The molecule has 0 N–H and O–H groups in total. The van der Waals surface area contributed by atoms with E-state index in [9.17, 15) is 14.4 Å². The van der Waals surface area contributed by atoms with E-state index in [4.69, 9.17) is 9.47 Å². The number of carbonyl (C=O) groups is 3. The second kappa shape index (κ2) is 9.76. The van der Waals surface area contributed by atoms with Crippen LogP contribution in [0.1, 0.15) is 57.3 Å². The van der Waals surface area contributed by atoms with Crippen LogP contribution in [0.5, 0.6) is 5.75 Å². The molecule has 0 aromatic heterocycles. The lowest BCUT2D eigenvalue weighted by Crippen LogP contribution is -2.44. The fraction of sp³-hybridized carbons (Fsp3) is 0.591. The highest BCUT2D eigenvalue weighted by atomic mass is 16.6. The van der Waals surface area contributed by atoms with Gasteiger partial charge in [-0.3, -0.25) is 14.4 Å². The van der Waals surface area contributed by atoms with E-state index in [-0.39, 0.29) is 24.4 Å². The maximum absolute atomic E-state index is 12.8. The Morgan fingerprint density at radius 2 is 1.76 bits per heavy atom. The summed E-state index contributed by atoms with van der Waals surface area (Å²) < 4.78 is 10.5. The number of benzene rings is 1. The zero-order valence-electron chi connectivity index (χ0n) is 18.1. The molecule has 1 aromatic rings. The van der Waals surface area contributed by atoms with Gasteiger partial charge in [0.15, 0.2) is 0 Å². The predicted molar refractivity (Wildman–Crippen MR) is 110 cm³/mol. The van der Waals surface area contributed by atoms with Gasteiger partial charge >= 0.3 is 5.97 Å². The van der Waals surface area contributed by atoms with Crippen molar-refractivity contribution in [3.8, 4) is 5.75 Å². The van der Waals surface area contributed by atoms with Crippen LogP contribution in [0.3, 0.4) is 0 Å². The maximum atomic E-state index is 12.8. The molecule has 0 spiro atoms. The molecule has 1 aromatic carbocycles. The summed E-state index contributed by atoms with van der Waals surface area (Å²) in [6.07, 6.45) is 2.14. The van der Waals surface area contributed by atoms with Crippen LogP contribution in [0.2, 0.25) is 0 Å². The first-order valence-corrected chi connectivity index (χ1v) is 10.0. The Hall–Kier alpha value is -2.57. The molecular formula is C22H32N2O5. The minimum atomic E-state index is -0.593. The van der Waals surface area contributed by atoms with Gasteiger partial charge in [-0.05, 0) is 64.3 Å². The van der Waals surface area contributed by atoms with Crippen molar-refractivity contribution in [3.05, 3.63) is 29.8 Å². The Morgan fingerprint density at radius 3 is 2.31 bits per heavy atom. The van der Waals surface area contributed by atoms with Crippen molar-refractivity contribution in [2.45, 2.75) is 58.6 Å². The van der Waals surface area contributed by atoms with Gasteiger partial charge in [0, 0.05) is 31.6 Å². The number of carbonyl (C=O) groups excluding carboxylic acids is 3. The van der Waals surface area contributed by atoms with Gasteiger partial charge in [-0.1, -0.05) is 0 Å². The first-order chi connectivity index (χ1) is 13.6. The topological polar surface area (TPSA) is 76.2 Å². The van der Waals surface area contributed by atoms with Gasteiger partial charge in [-0.15, -0.1) is 0 Å². The lowest BCUT2D eigenvalue weighted by atomic mass is 10.1. The van der Waals surface area contributed by atoms with Gasteiger partial charge < -0.3 is 19.3 Å². The minimum absolute atomic E-state index is 0.0326. The van der Waals surface area contributed by atoms with Crippen LogP contribution in [-0.4, -0.2) is 66.0 Å². The third-order valence-corrected chi connectivity index (χ3v) is 4.89. The molecule has 1 heterocycles. The number of hydrogen-bond donors (Lipinski definition) is 0. The van der Waals surface area contributed by atoms with Crippen LogP contribution in [0, 0.1) is 0 Å². The molecule has 1 aliphatic rings. The van der Waals surface area contributed by atoms with Gasteiger partial charge in [-0.2, -0.15) is 0 Å². The zero-order chi connectivity index (χ0) is 21.6. The van der Waals surface area contributed by atoms with E-state index in [1.54, 1.807) is 57.0 Å². The van der Waals surface area contributed by atoms with Gasteiger partial charge in [0.2, 0.25) is 5.91 Å². The standard InChI is InChI=1S/C22H32N2O5/c1-16(25)24(15-20(26)29-22(2,3)4)18-7-6-13-23(14-12-18)21(27)17-8-10-19(28-5)11-9-17/h8-11,18H,6-7,12-15H2,1-5H3/t18-/m0/s1. The number of likely N-dealkylation sites (tertiary alicyclic amines) is 1. The third kappa shape index (κ3) is 6.76. The van der Waals surface area contributed by atoms with Crippen molar-refractivity contribution in [2.75, 3.05) is 26.7 Å². The van der Waals surface area contributed by atoms with E-state index in [2.05, 4.69) is 0 Å². The quantitative estimate of drug-likeness (QED) is 0.706. The molecule has 0 unspecified atom stereocenters. The van der Waals surface area contributed by atoms with Crippen LogP contribution >= 0.6 is 0 Å². The summed E-state index contributed by atoms with van der Waals surface area (Å²) in [4.78, 5) is 40.6. The van der Waals surface area contributed by atoms with E-state index in [1.165, 1.54) is 6.92 Å². The fourth-order valence-electron chi connectivity index (χ4n) is 3.52. The second-order valence-electron chi connectivity index (χ2n) is 8.34. The Balaban J connectivity index is 2.01. The number of nitrogens with zero attached hydrogens (tertiary/aromatic N) is 2. The molecule has 29 heavy (non-hydrogen) atoms. The highest BCUT2D eigenvalue weighted by Crippen LogP contribution is 2.20. The molecule has 1 aliphatic heterocycles. The van der Waals surface area contributed by atoms with Crippen molar-refractivity contribution in [1.82, 2.24) is 9.80 Å². The van der Waals surface area contributed by atoms with Crippen molar-refractivity contribution in [2.24, 2.45) is 0 Å². The number of amides is 2. The van der Waals surface area contributed by atoms with E-state index < -0.39 is 11.6 Å². The Bertz CT molecular complexity index is 724. The lowest BCUT2D eigenvalue weighted by molar-refractivity contribution is -0.159. The predicted octanol–water partition coefficient (Wildman–Crippen LogP) is 2.88. The largest absolute Gasteiger partial charge is 0.497 e. The van der Waals surface area contributed by atoms with Crippen LogP contribution in [0.25, 0.3) is 0 Å². The highest BCUT2D eigenvalue weighted by molar-refractivity contribution is 5.94. The summed E-state index contributed by atoms with van der Waals surface area (Å²) in [5, 5.41) is 0. The molecule has 7 nitrogen and oxygen atoms in total. The van der Waals surface area contributed by atoms with Gasteiger partial charge in [-0.25, -0.2) is 0 Å². The summed E-state index contributed by atoms with van der Waals surface area (Å²) in [6, 6.07) is 6.97. The van der Waals surface area contributed by atoms with Crippen LogP contribution in [0.4, 0.5) is 0 Å². The molecule has 1 saturated heterocycles. The average molecular weight is 405 g/mol. The van der Waals surface area contributed by atoms with Crippen molar-refractivity contribution in [1.29, 1.82) is 0 Å². The van der Waals surface area contributed by atoms with E-state index in [0.29, 0.717) is 30.8 Å². The number of methoxy groups -OCH3 is 1. The molecule has 0 saturated carbocycles. The first-order valence-electron chi connectivity index (χ1n) is 10.0. The average Bonchev–Trinajstić information content (AvgIpc) is 2.90. The SMILES string of the molecule is COc1ccc(C(=O)N2CCC[C@H](N(CC(=O)OC(C)(C)C)C(C)=O)CC2)cc1. The number of ether oxygens (including phenoxy) is 2. The van der Waals surface area contributed by atoms with Crippen molar-refractivity contribution < 1.29 is 23.9 Å². The van der Waals surface area contributed by atoms with Crippen LogP contribution < -0.4 is 4.74 Å². The Labute approximate surface area is 172 Å². The summed E-state index contributed by atoms with van der Waals surface area (Å²) >= 11 is 0. The fourth-order valence-corrected chi connectivity index (χ4v) is 3.52. The van der Waals surface area contributed by atoms with Crippen molar-refractivity contribution >= 4 is 17.8 Å². The van der Waals surface area contributed by atoms with E-state index in [0.717, 1.165) is 12.8 Å². The molecule has 7 heteroatoms. The molecule has 1 atom stereocenters. The first kappa shape index (κ1) is 22.7. The molecule has 2 amide bonds. The molecular weight excluding hydrogens is 372 g/mol. The minimum Gasteiger partial charge on any atom is -0.497 e. The number of hydrogen-bond acceptors (Lipinski definition) is 5. The molecule has 1 fully saturated rings. The normalized spacial score (nSPS) is 17.3. The number of esters is 1. The summed E-state index contributed by atoms with van der Waals surface area (Å²) in [6.45, 7) is 7.97. The lowest BCUT2D eigenvalue weighted by Gasteiger charge is -2.31. The molecule has 0 radical (unpaired) electrons. The Morgan fingerprint density at radius 1 is 1.10 bits per heavy atom. The molecule has 160 valence electrons. The van der Waals surface area contributed by atoms with Gasteiger partial charge in [0.1, 0.15) is 17.9 Å². The zero-order valence-corrected chi connectivity index (χ0v) is 18.1. The summed E-state index contributed by atoms with van der Waals surface area (Å²) in [5.74, 6) is 0.102. The second-order valence-corrected chi connectivity index (χ2v) is 8.34. The maximum Gasteiger partial charge on any atom is 0.326 e. The van der Waals surface area contributed by atoms with Gasteiger partial charge in [0.25, 0.3) is 5.91 Å². The smallest absolute Gasteiger partial charge is 0.326 e. The molecule has 0 aliphatic carbocycles. The van der Waals surface area contributed by atoms with Crippen LogP contribution in [0.15, 0.2) is 24.3 Å². The third-order valence-electron chi connectivity index (χ3n) is 4.89. The Kier molecular flexibility index (Phi) is 7.65. The monoisotopic (exact) mass is 404 g/mol. The molecule has 2 rings (SSSR count). The van der Waals surface area contributed by atoms with E-state index >= 15 is 0 Å². The van der Waals surface area contributed by atoms with E-state index in [1.807, 2.05) is 4.90 Å². The summed E-state index contributed by atoms with van der Waals surface area (Å²) in [5.41, 5.74) is 0.0198. The number of rotatable bonds is 5. The van der Waals surface area contributed by atoms with Crippen molar-refractivity contribution in [3.63, 3.8) is 0 Å². The van der Waals surface area contributed by atoms with Crippen LogP contribution in [-0.2, 0) is 14.3 Å². The molecule has 0 bridgehead atoms. The highest BCUT2D eigenvalue weighted by Gasteiger charge is 2.29. The van der Waals surface area contributed by atoms with Gasteiger partial charge in [0.05, 0.1) is 7.11 Å².